The number of aromatic carboxylic acids is 1. The summed E-state index contributed by atoms with van der Waals surface area (Å²) < 4.78 is 24.1. The summed E-state index contributed by atoms with van der Waals surface area (Å²) in [5.41, 5.74) is 0.955. The Morgan fingerprint density at radius 2 is 2.12 bits per heavy atom. The van der Waals surface area contributed by atoms with Crippen molar-refractivity contribution in [1.29, 1.82) is 0 Å². The smallest absolute Gasteiger partial charge is 0.337 e. The van der Waals surface area contributed by atoms with Crippen LogP contribution < -0.4 is 5.32 Å². The van der Waals surface area contributed by atoms with Gasteiger partial charge in [-0.3, -0.25) is 0 Å². The average molecular weight is 245 g/mol. The summed E-state index contributed by atoms with van der Waals surface area (Å²) in [5, 5.41) is 20.3. The fraction of sp³-hybridized carbons (Fsp3) is 0.364. The summed E-state index contributed by atoms with van der Waals surface area (Å²) in [6.45, 7) is 1.32. The molecule has 1 rings (SSSR count). The highest BCUT2D eigenvalue weighted by Gasteiger charge is 2.17. The Bertz CT molecular complexity index is 410. The second-order valence-electron chi connectivity index (χ2n) is 3.64. The molecule has 6 heteroatoms. The average Bonchev–Trinajstić information content (AvgIpc) is 2.26. The van der Waals surface area contributed by atoms with E-state index in [1.54, 1.807) is 13.0 Å². The molecule has 0 aliphatic heterocycles. The number of carbonyl (C=O) groups is 1. The number of anilines is 1. The van der Waals surface area contributed by atoms with Gasteiger partial charge in [0, 0.05) is 12.2 Å². The Morgan fingerprint density at radius 3 is 2.65 bits per heavy atom. The van der Waals surface area contributed by atoms with E-state index < -0.39 is 25.0 Å². The van der Waals surface area contributed by atoms with E-state index in [1.165, 1.54) is 12.1 Å². The summed E-state index contributed by atoms with van der Waals surface area (Å²) in [4.78, 5) is 10.9. The van der Waals surface area contributed by atoms with Crippen molar-refractivity contribution in [3.63, 3.8) is 0 Å². The third-order valence-corrected chi connectivity index (χ3v) is 2.20. The second-order valence-corrected chi connectivity index (χ2v) is 3.64. The van der Waals surface area contributed by atoms with Gasteiger partial charge >= 0.3 is 5.97 Å². The highest BCUT2D eigenvalue weighted by Crippen LogP contribution is 2.17. The molecule has 0 saturated carbocycles. The molecule has 17 heavy (non-hydrogen) atoms. The second kappa shape index (κ2) is 5.58. The molecule has 0 aromatic heterocycles. The van der Waals surface area contributed by atoms with Crippen LogP contribution in [0.1, 0.15) is 15.9 Å². The Hall–Kier alpha value is -1.69. The number of carboxylic acids is 1. The van der Waals surface area contributed by atoms with Crippen LogP contribution >= 0.6 is 0 Å². The summed E-state index contributed by atoms with van der Waals surface area (Å²) >= 11 is 0. The van der Waals surface area contributed by atoms with Crippen molar-refractivity contribution in [3.05, 3.63) is 29.3 Å². The monoisotopic (exact) mass is 245 g/mol. The SMILES string of the molecule is Cc1ccc(NCC(O)C(F)F)c(C(=O)O)c1. The predicted molar refractivity (Wildman–Crippen MR) is 58.6 cm³/mol. The van der Waals surface area contributed by atoms with Crippen LogP contribution in [0.2, 0.25) is 0 Å². The maximum absolute atomic E-state index is 12.0. The molecule has 94 valence electrons. The van der Waals surface area contributed by atoms with Crippen LogP contribution in [0.3, 0.4) is 0 Å². The molecule has 4 nitrogen and oxygen atoms in total. The highest BCUT2D eigenvalue weighted by atomic mass is 19.3. The molecule has 0 spiro atoms. The highest BCUT2D eigenvalue weighted by molar-refractivity contribution is 5.94. The zero-order chi connectivity index (χ0) is 13.0. The van der Waals surface area contributed by atoms with Crippen molar-refractivity contribution >= 4 is 11.7 Å². The van der Waals surface area contributed by atoms with E-state index >= 15 is 0 Å². The van der Waals surface area contributed by atoms with E-state index in [0.717, 1.165) is 5.56 Å². The van der Waals surface area contributed by atoms with Crippen molar-refractivity contribution in [3.8, 4) is 0 Å². The lowest BCUT2D eigenvalue weighted by atomic mass is 10.1. The Labute approximate surface area is 96.9 Å². The van der Waals surface area contributed by atoms with E-state index in [9.17, 15) is 13.6 Å². The van der Waals surface area contributed by atoms with Crippen LogP contribution in [-0.4, -0.2) is 35.3 Å². The molecule has 1 aromatic carbocycles. The maximum atomic E-state index is 12.0. The zero-order valence-corrected chi connectivity index (χ0v) is 9.15. The quantitative estimate of drug-likeness (QED) is 0.739. The first-order chi connectivity index (χ1) is 7.91. The van der Waals surface area contributed by atoms with Crippen LogP contribution in [-0.2, 0) is 0 Å². The first kappa shape index (κ1) is 13.4. The lowest BCUT2D eigenvalue weighted by molar-refractivity contribution is 0.00384. The maximum Gasteiger partial charge on any atom is 0.337 e. The van der Waals surface area contributed by atoms with Gasteiger partial charge in [0.05, 0.1) is 5.56 Å². The number of nitrogens with one attached hydrogen (secondary N) is 1. The molecule has 0 fully saturated rings. The number of aliphatic hydroxyl groups excluding tert-OH is 1. The van der Waals surface area contributed by atoms with E-state index in [-0.39, 0.29) is 11.3 Å². The first-order valence-electron chi connectivity index (χ1n) is 4.96. The van der Waals surface area contributed by atoms with E-state index in [4.69, 9.17) is 10.2 Å². The molecular weight excluding hydrogens is 232 g/mol. The number of aliphatic hydroxyl groups is 1. The topological polar surface area (TPSA) is 69.6 Å². The molecule has 1 aromatic rings. The van der Waals surface area contributed by atoms with Gasteiger partial charge in [-0.05, 0) is 19.1 Å². The van der Waals surface area contributed by atoms with Gasteiger partial charge in [0.15, 0.2) is 0 Å². The standard InChI is InChI=1S/C11H13F2NO3/c1-6-2-3-8(7(4-6)11(16)17)14-5-9(15)10(12)13/h2-4,9-10,14-15H,5H2,1H3,(H,16,17). The number of halogens is 2. The van der Waals surface area contributed by atoms with Gasteiger partial charge in [-0.2, -0.15) is 0 Å². The largest absolute Gasteiger partial charge is 0.478 e. The molecule has 0 amide bonds. The zero-order valence-electron chi connectivity index (χ0n) is 9.15. The van der Waals surface area contributed by atoms with Gasteiger partial charge in [0.25, 0.3) is 6.43 Å². The van der Waals surface area contributed by atoms with Gasteiger partial charge in [0.2, 0.25) is 0 Å². The number of alkyl halides is 2. The van der Waals surface area contributed by atoms with E-state index in [2.05, 4.69) is 5.32 Å². The molecule has 0 heterocycles. The Kier molecular flexibility index (Phi) is 4.39. The van der Waals surface area contributed by atoms with Crippen molar-refractivity contribution in [2.45, 2.75) is 19.5 Å². The van der Waals surface area contributed by atoms with Gasteiger partial charge in [-0.1, -0.05) is 11.6 Å². The normalized spacial score (nSPS) is 12.5. The van der Waals surface area contributed by atoms with Crippen LogP contribution in [0.5, 0.6) is 0 Å². The number of benzene rings is 1. The minimum Gasteiger partial charge on any atom is -0.478 e. The minimum atomic E-state index is -2.86. The molecule has 0 aliphatic rings. The van der Waals surface area contributed by atoms with Crippen LogP contribution in [0.15, 0.2) is 18.2 Å². The van der Waals surface area contributed by atoms with Gasteiger partial charge in [-0.25, -0.2) is 13.6 Å². The number of rotatable bonds is 5. The van der Waals surface area contributed by atoms with Crippen molar-refractivity contribution in [2.75, 3.05) is 11.9 Å². The predicted octanol–water partition coefficient (Wildman–Crippen LogP) is 1.73. The molecular formula is C11H13F2NO3. The number of carboxylic acid groups (broad SMARTS) is 1. The number of hydrogen-bond acceptors (Lipinski definition) is 3. The molecule has 3 N–H and O–H groups in total. The van der Waals surface area contributed by atoms with Crippen LogP contribution in [0.25, 0.3) is 0 Å². The lowest BCUT2D eigenvalue weighted by Crippen LogP contribution is -2.27. The molecule has 1 unspecified atom stereocenters. The van der Waals surface area contributed by atoms with Crippen molar-refractivity contribution in [1.82, 2.24) is 0 Å². The number of aryl methyl sites for hydroxylation is 1. The summed E-state index contributed by atoms with van der Waals surface area (Å²) in [6, 6.07) is 4.57. The Morgan fingerprint density at radius 1 is 1.47 bits per heavy atom. The molecule has 0 saturated heterocycles. The van der Waals surface area contributed by atoms with Crippen LogP contribution in [0.4, 0.5) is 14.5 Å². The molecule has 0 bridgehead atoms. The van der Waals surface area contributed by atoms with Gasteiger partial charge in [0.1, 0.15) is 6.10 Å². The van der Waals surface area contributed by atoms with E-state index in [0.29, 0.717) is 0 Å². The van der Waals surface area contributed by atoms with Crippen LogP contribution in [0, 0.1) is 6.92 Å². The number of hydrogen-bond donors (Lipinski definition) is 3. The van der Waals surface area contributed by atoms with E-state index in [1.807, 2.05) is 0 Å². The lowest BCUT2D eigenvalue weighted by Gasteiger charge is -2.13. The minimum absolute atomic E-state index is 0.00790. The van der Waals surface area contributed by atoms with Crippen molar-refractivity contribution < 1.29 is 23.8 Å². The van der Waals surface area contributed by atoms with Gasteiger partial charge < -0.3 is 15.5 Å². The third kappa shape index (κ3) is 3.67. The fourth-order valence-electron chi connectivity index (χ4n) is 1.29. The third-order valence-electron chi connectivity index (χ3n) is 2.20. The van der Waals surface area contributed by atoms with Gasteiger partial charge in [-0.15, -0.1) is 0 Å². The molecule has 0 radical (unpaired) electrons. The fourth-order valence-corrected chi connectivity index (χ4v) is 1.29. The summed E-state index contributed by atoms with van der Waals surface area (Å²) in [5.74, 6) is -1.15. The van der Waals surface area contributed by atoms with Crippen molar-refractivity contribution in [2.24, 2.45) is 0 Å². The Balaban J connectivity index is 2.80. The summed E-state index contributed by atoms with van der Waals surface area (Å²) in [6.07, 6.45) is -4.68. The molecule has 0 aliphatic carbocycles. The first-order valence-corrected chi connectivity index (χ1v) is 4.96. The molecule has 1 atom stereocenters. The summed E-state index contributed by atoms with van der Waals surface area (Å²) in [7, 11) is 0.